The molecule has 6 heteroatoms. The van der Waals surface area contributed by atoms with Gasteiger partial charge >= 0.3 is 0 Å². The third-order valence-corrected chi connectivity index (χ3v) is 4.52. The standard InChI is InChI=1S/C22H20N4O2/c1-15-20(13-26(2)25-15)24-22(27)14-28-21-8-7-17(16-9-11-23-12-10-16)18-5-3-4-6-19(18)21/h3-13H,14H2,1-2H3,(H,24,27). The van der Waals surface area contributed by atoms with Crippen molar-refractivity contribution in [2.45, 2.75) is 6.92 Å². The zero-order chi connectivity index (χ0) is 19.5. The average molecular weight is 372 g/mol. The topological polar surface area (TPSA) is 69.0 Å². The molecule has 28 heavy (non-hydrogen) atoms. The summed E-state index contributed by atoms with van der Waals surface area (Å²) in [7, 11) is 1.82. The van der Waals surface area contributed by atoms with Crippen LogP contribution < -0.4 is 10.1 Å². The molecule has 1 N–H and O–H groups in total. The van der Waals surface area contributed by atoms with Crippen molar-refractivity contribution in [3.05, 3.63) is 72.8 Å². The van der Waals surface area contributed by atoms with Crippen LogP contribution >= 0.6 is 0 Å². The molecule has 0 saturated heterocycles. The third kappa shape index (κ3) is 3.57. The summed E-state index contributed by atoms with van der Waals surface area (Å²) in [4.78, 5) is 16.4. The number of pyridine rings is 1. The minimum atomic E-state index is -0.224. The van der Waals surface area contributed by atoms with E-state index in [0.717, 1.165) is 27.6 Å². The van der Waals surface area contributed by atoms with Crippen molar-refractivity contribution in [3.8, 4) is 16.9 Å². The molecule has 4 aromatic rings. The largest absolute Gasteiger partial charge is 0.483 e. The van der Waals surface area contributed by atoms with Gasteiger partial charge in [-0.1, -0.05) is 30.3 Å². The number of hydrogen-bond donors (Lipinski definition) is 1. The van der Waals surface area contributed by atoms with Gasteiger partial charge in [-0.3, -0.25) is 14.5 Å². The van der Waals surface area contributed by atoms with Gasteiger partial charge in [0, 0.05) is 31.0 Å². The Bertz CT molecular complexity index is 1140. The van der Waals surface area contributed by atoms with Gasteiger partial charge in [-0.15, -0.1) is 0 Å². The summed E-state index contributed by atoms with van der Waals surface area (Å²) in [6, 6.07) is 15.9. The second-order valence-electron chi connectivity index (χ2n) is 6.53. The predicted molar refractivity (Wildman–Crippen MR) is 109 cm³/mol. The molecule has 2 aromatic carbocycles. The van der Waals surface area contributed by atoms with Crippen molar-refractivity contribution in [2.24, 2.45) is 7.05 Å². The molecular formula is C22H20N4O2. The molecule has 0 radical (unpaired) electrons. The van der Waals surface area contributed by atoms with Crippen molar-refractivity contribution in [1.82, 2.24) is 14.8 Å². The monoisotopic (exact) mass is 372 g/mol. The number of amides is 1. The highest BCUT2D eigenvalue weighted by Crippen LogP contribution is 2.34. The quantitative estimate of drug-likeness (QED) is 0.576. The summed E-state index contributed by atoms with van der Waals surface area (Å²) in [5.41, 5.74) is 3.64. The summed E-state index contributed by atoms with van der Waals surface area (Å²) in [5, 5.41) is 9.08. The van der Waals surface area contributed by atoms with Gasteiger partial charge in [0.1, 0.15) is 5.75 Å². The Balaban J connectivity index is 1.56. The van der Waals surface area contributed by atoms with Crippen LogP contribution in [0.5, 0.6) is 5.75 Å². The molecule has 0 aliphatic carbocycles. The third-order valence-electron chi connectivity index (χ3n) is 4.52. The normalized spacial score (nSPS) is 10.8. The van der Waals surface area contributed by atoms with E-state index in [1.54, 1.807) is 23.3 Å². The lowest BCUT2D eigenvalue weighted by Crippen LogP contribution is -2.20. The maximum Gasteiger partial charge on any atom is 0.262 e. The molecule has 2 aromatic heterocycles. The summed E-state index contributed by atoms with van der Waals surface area (Å²) in [6.45, 7) is 1.77. The predicted octanol–water partition coefficient (Wildman–Crippen LogP) is 3.96. The van der Waals surface area contributed by atoms with Gasteiger partial charge in [0.2, 0.25) is 0 Å². The van der Waals surface area contributed by atoms with Crippen molar-refractivity contribution in [2.75, 3.05) is 11.9 Å². The smallest absolute Gasteiger partial charge is 0.262 e. The van der Waals surface area contributed by atoms with Crippen molar-refractivity contribution in [1.29, 1.82) is 0 Å². The first-order valence-corrected chi connectivity index (χ1v) is 8.97. The Kier molecular flexibility index (Phi) is 4.76. The van der Waals surface area contributed by atoms with Crippen LogP contribution in [0.25, 0.3) is 21.9 Å². The first-order chi connectivity index (χ1) is 13.6. The molecule has 0 fully saturated rings. The van der Waals surface area contributed by atoms with Gasteiger partial charge in [0.15, 0.2) is 6.61 Å². The van der Waals surface area contributed by atoms with E-state index < -0.39 is 0 Å². The number of hydrogen-bond acceptors (Lipinski definition) is 4. The van der Waals surface area contributed by atoms with Gasteiger partial charge in [0.25, 0.3) is 5.91 Å². The van der Waals surface area contributed by atoms with Crippen molar-refractivity contribution < 1.29 is 9.53 Å². The van der Waals surface area contributed by atoms with E-state index in [9.17, 15) is 4.79 Å². The highest BCUT2D eigenvalue weighted by atomic mass is 16.5. The average Bonchev–Trinajstić information content (AvgIpc) is 3.03. The van der Waals surface area contributed by atoms with Crippen LogP contribution in [0.4, 0.5) is 5.69 Å². The SMILES string of the molecule is Cc1nn(C)cc1NC(=O)COc1ccc(-c2ccncc2)c2ccccc12. The van der Waals surface area contributed by atoms with E-state index in [4.69, 9.17) is 4.74 Å². The lowest BCUT2D eigenvalue weighted by molar-refractivity contribution is -0.118. The number of anilines is 1. The lowest BCUT2D eigenvalue weighted by Gasteiger charge is -2.13. The summed E-state index contributed by atoms with van der Waals surface area (Å²) in [5.74, 6) is 0.449. The molecule has 140 valence electrons. The number of benzene rings is 2. The fourth-order valence-electron chi connectivity index (χ4n) is 3.23. The Morgan fingerprint density at radius 1 is 1.07 bits per heavy atom. The van der Waals surface area contributed by atoms with Crippen molar-refractivity contribution >= 4 is 22.4 Å². The number of aromatic nitrogens is 3. The number of rotatable bonds is 5. The number of carbonyl (C=O) groups is 1. The van der Waals surface area contributed by atoms with E-state index in [0.29, 0.717) is 11.4 Å². The maximum absolute atomic E-state index is 12.3. The van der Waals surface area contributed by atoms with E-state index in [1.165, 1.54) is 0 Å². The summed E-state index contributed by atoms with van der Waals surface area (Å²) < 4.78 is 7.50. The number of carbonyl (C=O) groups excluding carboxylic acids is 1. The molecule has 0 aliphatic rings. The number of nitrogens with one attached hydrogen (secondary N) is 1. The van der Waals surface area contributed by atoms with Gasteiger partial charge in [-0.05, 0) is 41.6 Å². The van der Waals surface area contributed by atoms with Gasteiger partial charge in [-0.2, -0.15) is 5.10 Å². The minimum Gasteiger partial charge on any atom is -0.483 e. The van der Waals surface area contributed by atoms with Crippen LogP contribution in [0.15, 0.2) is 67.1 Å². The van der Waals surface area contributed by atoms with Gasteiger partial charge < -0.3 is 10.1 Å². The molecule has 1 amide bonds. The molecule has 2 heterocycles. The zero-order valence-corrected chi connectivity index (χ0v) is 15.7. The molecule has 0 unspecified atom stereocenters. The Hall–Kier alpha value is -3.67. The van der Waals surface area contributed by atoms with E-state index in [2.05, 4.69) is 21.5 Å². The zero-order valence-electron chi connectivity index (χ0n) is 15.7. The Morgan fingerprint density at radius 2 is 1.82 bits per heavy atom. The molecule has 0 atom stereocenters. The fourth-order valence-corrected chi connectivity index (χ4v) is 3.23. The first kappa shape index (κ1) is 17.7. The van der Waals surface area contributed by atoms with Gasteiger partial charge in [0.05, 0.1) is 11.4 Å². The Labute approximate surface area is 162 Å². The molecule has 0 bridgehead atoms. The molecule has 4 rings (SSSR count). The number of fused-ring (bicyclic) bond motifs is 1. The van der Waals surface area contributed by atoms with Crippen LogP contribution in [-0.4, -0.2) is 27.3 Å². The second kappa shape index (κ2) is 7.52. The molecule has 0 spiro atoms. The van der Waals surface area contributed by atoms with Crippen molar-refractivity contribution in [3.63, 3.8) is 0 Å². The molecular weight excluding hydrogens is 352 g/mol. The minimum absolute atomic E-state index is 0.0765. The highest BCUT2D eigenvalue weighted by molar-refractivity contribution is 6.00. The number of nitrogens with zero attached hydrogens (tertiary/aromatic N) is 3. The van der Waals surface area contributed by atoms with Crippen LogP contribution in [0, 0.1) is 6.92 Å². The molecule has 6 nitrogen and oxygen atoms in total. The van der Waals surface area contributed by atoms with Gasteiger partial charge in [-0.25, -0.2) is 0 Å². The number of ether oxygens (including phenoxy) is 1. The molecule has 0 saturated carbocycles. The van der Waals surface area contributed by atoms with E-state index in [1.807, 2.05) is 56.4 Å². The van der Waals surface area contributed by atoms with Crippen LogP contribution in [0.2, 0.25) is 0 Å². The van der Waals surface area contributed by atoms with Crippen LogP contribution in [0.1, 0.15) is 5.69 Å². The van der Waals surface area contributed by atoms with Crippen LogP contribution in [0.3, 0.4) is 0 Å². The summed E-state index contributed by atoms with van der Waals surface area (Å²) in [6.07, 6.45) is 5.32. The lowest BCUT2D eigenvalue weighted by atomic mass is 9.98. The van der Waals surface area contributed by atoms with E-state index >= 15 is 0 Å². The Morgan fingerprint density at radius 3 is 2.54 bits per heavy atom. The second-order valence-corrected chi connectivity index (χ2v) is 6.53. The highest BCUT2D eigenvalue weighted by Gasteiger charge is 2.12. The fraction of sp³-hybridized carbons (Fsp3) is 0.136. The number of aryl methyl sites for hydroxylation is 2. The summed E-state index contributed by atoms with van der Waals surface area (Å²) >= 11 is 0. The maximum atomic E-state index is 12.3. The molecule has 0 aliphatic heterocycles. The van der Waals surface area contributed by atoms with Crippen LogP contribution in [-0.2, 0) is 11.8 Å². The first-order valence-electron chi connectivity index (χ1n) is 8.97. The van der Waals surface area contributed by atoms with E-state index in [-0.39, 0.29) is 12.5 Å².